The van der Waals surface area contributed by atoms with Crippen LogP contribution >= 0.6 is 0 Å². The van der Waals surface area contributed by atoms with Gasteiger partial charge >= 0.3 is 36.4 Å². The third-order valence-corrected chi connectivity index (χ3v) is 29.6. The highest BCUT2D eigenvalue weighted by molar-refractivity contribution is 6.39. The number of ketones is 3. The van der Waals surface area contributed by atoms with Crippen molar-refractivity contribution in [2.75, 3.05) is 60.1 Å². The Morgan fingerprint density at radius 1 is 0.432 bits per heavy atom. The molecule has 0 aromatic carbocycles. The Labute approximate surface area is 822 Å². The number of likely N-dealkylation sites (tertiary alicyclic amines) is 3. The zero-order valence-electron chi connectivity index (χ0n) is 88.1. The van der Waals surface area contributed by atoms with E-state index in [1.54, 1.807) is 19.0 Å². The molecule has 18 atom stereocenters. The van der Waals surface area contributed by atoms with Crippen molar-refractivity contribution < 1.29 is 101 Å². The van der Waals surface area contributed by atoms with Crippen molar-refractivity contribution >= 4 is 107 Å². The molecule has 0 spiro atoms. The molecule has 9 aliphatic rings. The number of fused-ring (bicyclic) bond motifs is 3. The normalized spacial score (nSPS) is 23.8. The van der Waals surface area contributed by atoms with Gasteiger partial charge in [-0.2, -0.15) is 0 Å². The SMILES string of the molecule is C=CCNC(=O)C(=O)C(CCC)NC(=O)[C@@H]1C2C(CN1C(=O)[C@@H](NC(=O)N[C@@H](COC(=O)NC(C)(C)C)C(C)(C)C)C(C)(C)C)C2(C)C.CC(C)NC(=O)OC[C@@H](NC(=O)N[C@H](C(=O)N1CC2C([C@H]1C(=O)NC(CC1CCC1)C(=O)C(N)=O)C2(C)C)C1CCCC1)C(C)(C)C.CN(C)C(=O)OC[C@H](NC(=O)N[C@H](C(=O)N1CC2C([C@H]1C(=O)NC(CC1CC1)C(=O)C(N)=O)C2(C)C)C(C)(C)C)C(C)(C)C. The maximum Gasteiger partial charge on any atom is 0.409 e. The highest BCUT2D eigenvalue weighted by atomic mass is 16.6. The molecular formula is C100H168N18O21. The van der Waals surface area contributed by atoms with E-state index >= 15 is 0 Å². The first kappa shape index (κ1) is 116. The molecule has 16 N–H and O–H groups in total. The van der Waals surface area contributed by atoms with E-state index in [4.69, 9.17) is 25.7 Å². The lowest BCUT2D eigenvalue weighted by molar-refractivity contribution is -0.145. The van der Waals surface area contributed by atoms with E-state index in [0.29, 0.717) is 38.9 Å². The molecular weight excluding hydrogens is 1790 g/mol. The standard InChI is InChI=1S/C35H60N6O7.C34H56N6O7.C31H52N6O7/c1-14-16-21(25(42)28(44)36-17-15-2)37-27(43)24-23-20(35(23,12)13)18-41(24)29(45)26(33(6,7)8)39-30(46)38-22(32(3,4)5)19-48-31(47)40-34(9,10)11;1-18(2)36-32(46)47-17-23(33(3,4)5)38-31(45)39-25(20-13-8-9-14-20)30(44)40-16-21-24(34(21,6)7)26(40)29(43)37-22(27(41)28(35)42)15-19-11-10-12-19;1-29(2,3)19(15-44-28(43)36(9)10)34-27(42)35-23(30(4,5)6)26(41)37-14-17-20(31(17,7)8)21(37)25(40)33-18(13-16-11-12-16)22(38)24(32)39/h15,20-24,26H,2,14,16-19H2,1,3-13H3,(H,36,44)(H,37,43)(H,40,47)(H2,38,39,46);18-26H,8-17H2,1-7H3,(H2,35,42)(H,36,46)(H,37,43)(H2,38,39,45);16-21,23H,11-15H2,1-10H3,(H2,32,39)(H,33,40)(H2,34,35,42)/t20?,21?,22-,23?,24-,26+;21?,22?,23-,24?,25+,26+;17?,18?,19-,20?,21-,23+/m010/s1. The molecule has 0 radical (unpaired) electrons. The lowest BCUT2D eigenvalue weighted by atomic mass is 9.80. The average molecular weight is 1960 g/mol. The van der Waals surface area contributed by atoms with Gasteiger partial charge in [0.2, 0.25) is 52.8 Å². The number of amides is 18. The fraction of sp³-hybridized carbons (Fsp3) is 0.800. The molecule has 39 nitrogen and oxygen atoms in total. The number of nitrogens with two attached hydrogens (primary N) is 2. The number of Topliss-reactive ketones (excluding diaryl/α,β-unsaturated/α-hetero) is 3. The molecule has 9 fully saturated rings. The summed E-state index contributed by atoms with van der Waals surface area (Å²) in [4.78, 5) is 242. The topological polar surface area (TPSA) is 544 Å². The first-order valence-corrected chi connectivity index (χ1v) is 49.7. The highest BCUT2D eigenvalue weighted by Crippen LogP contribution is 2.67. The van der Waals surface area contributed by atoms with Crippen molar-refractivity contribution in [1.29, 1.82) is 0 Å². The van der Waals surface area contributed by atoms with E-state index in [2.05, 4.69) is 84.2 Å². The van der Waals surface area contributed by atoms with Crippen molar-refractivity contribution in [3.8, 4) is 0 Å². The monoisotopic (exact) mass is 1960 g/mol. The third kappa shape index (κ3) is 30.6. The summed E-state index contributed by atoms with van der Waals surface area (Å²) < 4.78 is 16.1. The molecule has 3 heterocycles. The maximum absolute atomic E-state index is 14.4. The van der Waals surface area contributed by atoms with Crippen molar-refractivity contribution in [1.82, 2.24) is 83.4 Å². The molecule has 9 rings (SSSR count). The smallest absolute Gasteiger partial charge is 0.409 e. The number of nitrogens with zero attached hydrogens (tertiary/aromatic N) is 4. The molecule has 0 bridgehead atoms. The summed E-state index contributed by atoms with van der Waals surface area (Å²) in [6.07, 6.45) is 9.31. The van der Waals surface area contributed by atoms with Gasteiger partial charge in [-0.05, 0) is 163 Å². The largest absolute Gasteiger partial charge is 0.447 e. The number of alkyl carbamates (subject to hydrolysis) is 2. The van der Waals surface area contributed by atoms with Crippen LogP contribution in [0.1, 0.15) is 270 Å². The minimum atomic E-state index is -1.10. The number of carbonyl (C=O) groups excluding carboxylic acids is 18. The summed E-state index contributed by atoms with van der Waals surface area (Å²) in [6.45, 7) is 55.8. The van der Waals surface area contributed by atoms with Gasteiger partial charge in [-0.15, -0.1) is 6.58 Å². The Hall–Kier alpha value is -10.4. The van der Waals surface area contributed by atoms with Crippen LogP contribution in [0.5, 0.6) is 0 Å². The van der Waals surface area contributed by atoms with E-state index in [1.165, 1.54) is 20.8 Å². The number of primary amides is 2. The Kier molecular flexibility index (Phi) is 38.0. The molecule has 6 aliphatic carbocycles. The summed E-state index contributed by atoms with van der Waals surface area (Å²) in [5.74, 6) is -7.85. The number of ether oxygens (including phenoxy) is 3. The number of rotatable bonds is 37. The summed E-state index contributed by atoms with van der Waals surface area (Å²) in [6, 6.07) is -12.2. The third-order valence-electron chi connectivity index (χ3n) is 29.6. The van der Waals surface area contributed by atoms with Crippen LogP contribution in [0.25, 0.3) is 0 Å². The van der Waals surface area contributed by atoms with Crippen LogP contribution in [0.2, 0.25) is 0 Å². The van der Waals surface area contributed by atoms with E-state index in [9.17, 15) is 86.3 Å². The molecule has 784 valence electrons. The second kappa shape index (κ2) is 45.7. The molecule has 3 aliphatic heterocycles. The van der Waals surface area contributed by atoms with E-state index in [0.717, 1.165) is 57.8 Å². The number of carbonyl (C=O) groups is 18. The van der Waals surface area contributed by atoms with Gasteiger partial charge in [-0.1, -0.05) is 210 Å². The minimum absolute atomic E-state index is 0.0592. The average Bonchev–Trinajstić information content (AvgIpc) is 1.53. The fourth-order valence-electron chi connectivity index (χ4n) is 20.0. The van der Waals surface area contributed by atoms with Crippen molar-refractivity contribution in [2.24, 2.45) is 108 Å². The molecule has 9 unspecified atom stereocenters. The van der Waals surface area contributed by atoms with Crippen LogP contribution in [0.3, 0.4) is 0 Å². The van der Waals surface area contributed by atoms with E-state index in [1.807, 2.05) is 173 Å². The van der Waals surface area contributed by atoms with Gasteiger partial charge in [0.25, 0.3) is 17.7 Å². The number of hydrogen-bond donors (Lipinski definition) is 14. The molecule has 6 saturated carbocycles. The molecule has 39 heteroatoms. The van der Waals surface area contributed by atoms with Gasteiger partial charge in [-0.25, -0.2) is 28.8 Å². The Morgan fingerprint density at radius 2 is 0.784 bits per heavy atom. The first-order valence-electron chi connectivity index (χ1n) is 49.7. The fourth-order valence-corrected chi connectivity index (χ4v) is 20.0. The zero-order chi connectivity index (χ0) is 105. The molecule has 0 aromatic heterocycles. The van der Waals surface area contributed by atoms with Gasteiger partial charge in [0.15, 0.2) is 0 Å². The van der Waals surface area contributed by atoms with Crippen LogP contribution in [0, 0.1) is 96.6 Å². The zero-order valence-corrected chi connectivity index (χ0v) is 88.1. The number of nitrogens with one attached hydrogen (secondary N) is 12. The predicted molar refractivity (Wildman–Crippen MR) is 521 cm³/mol. The minimum Gasteiger partial charge on any atom is -0.447 e. The Bertz CT molecular complexity index is 4510. The van der Waals surface area contributed by atoms with Gasteiger partial charge in [0.1, 0.15) is 56.1 Å². The second-order valence-corrected chi connectivity index (χ2v) is 48.7. The number of piperidine rings is 3. The molecule has 18 amide bonds. The quantitative estimate of drug-likeness (QED) is 0.0162. The number of urea groups is 3. The summed E-state index contributed by atoms with van der Waals surface area (Å²) in [5.41, 5.74) is 6.64. The van der Waals surface area contributed by atoms with Gasteiger partial charge in [-0.3, -0.25) is 57.5 Å². The van der Waals surface area contributed by atoms with Gasteiger partial charge in [0.05, 0.1) is 36.3 Å². The van der Waals surface area contributed by atoms with Gasteiger partial charge < -0.3 is 109 Å². The van der Waals surface area contributed by atoms with Crippen LogP contribution < -0.4 is 75.3 Å². The van der Waals surface area contributed by atoms with Crippen LogP contribution in [-0.2, 0) is 71.7 Å². The molecule has 0 aromatic rings. The second-order valence-electron chi connectivity index (χ2n) is 48.7. The maximum atomic E-state index is 14.4. The van der Waals surface area contributed by atoms with Crippen molar-refractivity contribution in [2.45, 2.75) is 354 Å². The molecule has 3 saturated heterocycles. The summed E-state index contributed by atoms with van der Waals surface area (Å²) in [5, 5.41) is 33.5. The van der Waals surface area contributed by atoms with Crippen LogP contribution in [-0.4, -0.2) is 271 Å². The number of hydrogen-bond acceptors (Lipinski definition) is 21. The van der Waals surface area contributed by atoms with Gasteiger partial charge in [0, 0.05) is 51.9 Å². The lowest BCUT2D eigenvalue weighted by Crippen LogP contribution is -2.62. The predicted octanol–water partition coefficient (Wildman–Crippen LogP) is 7.52. The summed E-state index contributed by atoms with van der Waals surface area (Å²) in [7, 11) is 3.13. The highest BCUT2D eigenvalue weighted by Gasteiger charge is 2.73. The van der Waals surface area contributed by atoms with Crippen LogP contribution in [0.4, 0.5) is 28.8 Å². The van der Waals surface area contributed by atoms with E-state index < -0.39 is 206 Å². The van der Waals surface area contributed by atoms with E-state index in [-0.39, 0.29) is 114 Å². The summed E-state index contributed by atoms with van der Waals surface area (Å²) >= 11 is 0. The molecule has 139 heavy (non-hydrogen) atoms. The van der Waals surface area contributed by atoms with Crippen molar-refractivity contribution in [3.05, 3.63) is 12.7 Å². The Balaban J connectivity index is 0.000000284. The van der Waals surface area contributed by atoms with Crippen LogP contribution in [0.15, 0.2) is 12.7 Å². The lowest BCUT2D eigenvalue weighted by Gasteiger charge is -2.38. The first-order chi connectivity index (χ1) is 63.8. The Morgan fingerprint density at radius 3 is 1.10 bits per heavy atom. The van der Waals surface area contributed by atoms with Crippen molar-refractivity contribution in [3.63, 3.8) is 0 Å².